The standard InChI is InChI=1S/C16H20O2S/c1-12-8-9-13-10-15(12)17-18-16(13,2)11-19-14-6-4-3-5-7-14/h3-8,13,15H,9-11H2,1-2H3/t13-,15-,16+/m0/s1. The summed E-state index contributed by atoms with van der Waals surface area (Å²) in [5.41, 5.74) is 1.13. The zero-order valence-electron chi connectivity index (χ0n) is 11.5. The van der Waals surface area contributed by atoms with Gasteiger partial charge in [-0.15, -0.1) is 11.8 Å². The second-order valence-electron chi connectivity index (χ2n) is 5.70. The third-order valence-electron chi connectivity index (χ3n) is 4.22. The smallest absolute Gasteiger partial charge is 0.114 e. The van der Waals surface area contributed by atoms with Crippen LogP contribution in [0.4, 0.5) is 0 Å². The maximum atomic E-state index is 5.76. The lowest BCUT2D eigenvalue weighted by atomic mass is 9.77. The van der Waals surface area contributed by atoms with E-state index in [1.165, 1.54) is 10.5 Å². The first kappa shape index (κ1) is 13.2. The summed E-state index contributed by atoms with van der Waals surface area (Å²) in [6.07, 6.45) is 4.69. The van der Waals surface area contributed by atoms with Gasteiger partial charge in [0.2, 0.25) is 0 Å². The minimum Gasteiger partial charge on any atom is -0.229 e. The molecule has 1 aromatic carbocycles. The Morgan fingerprint density at radius 1 is 1.32 bits per heavy atom. The molecule has 0 N–H and O–H groups in total. The van der Waals surface area contributed by atoms with E-state index >= 15 is 0 Å². The Kier molecular flexibility index (Phi) is 3.70. The molecule has 0 spiro atoms. The molecule has 0 radical (unpaired) electrons. The van der Waals surface area contributed by atoms with Gasteiger partial charge in [0, 0.05) is 10.6 Å². The average molecular weight is 276 g/mol. The van der Waals surface area contributed by atoms with Crippen molar-refractivity contribution in [2.45, 2.75) is 43.3 Å². The molecule has 1 saturated heterocycles. The van der Waals surface area contributed by atoms with E-state index in [4.69, 9.17) is 9.78 Å². The Morgan fingerprint density at radius 3 is 2.89 bits per heavy atom. The molecular weight excluding hydrogens is 256 g/mol. The Balaban J connectivity index is 1.67. The van der Waals surface area contributed by atoms with E-state index in [0.29, 0.717) is 5.92 Å². The van der Waals surface area contributed by atoms with E-state index in [-0.39, 0.29) is 11.7 Å². The molecule has 0 aromatic heterocycles. The van der Waals surface area contributed by atoms with E-state index < -0.39 is 0 Å². The van der Waals surface area contributed by atoms with Crippen LogP contribution < -0.4 is 0 Å². The first-order valence-electron chi connectivity index (χ1n) is 6.86. The van der Waals surface area contributed by atoms with Crippen LogP contribution in [0, 0.1) is 5.92 Å². The van der Waals surface area contributed by atoms with Crippen molar-refractivity contribution in [3.63, 3.8) is 0 Å². The molecule has 102 valence electrons. The second kappa shape index (κ2) is 5.31. The van der Waals surface area contributed by atoms with Crippen molar-refractivity contribution in [2.75, 3.05) is 5.75 Å². The number of hydrogen-bond donors (Lipinski definition) is 0. The highest BCUT2D eigenvalue weighted by atomic mass is 32.2. The van der Waals surface area contributed by atoms with E-state index in [1.54, 1.807) is 0 Å². The van der Waals surface area contributed by atoms with E-state index in [2.05, 4.69) is 44.2 Å². The normalized spacial score (nSPS) is 33.9. The lowest BCUT2D eigenvalue weighted by molar-refractivity contribution is -0.408. The van der Waals surface area contributed by atoms with Crippen molar-refractivity contribution in [3.8, 4) is 0 Å². The van der Waals surface area contributed by atoms with Crippen LogP contribution >= 0.6 is 11.8 Å². The van der Waals surface area contributed by atoms with E-state index in [0.717, 1.165) is 18.6 Å². The lowest BCUT2D eigenvalue weighted by Gasteiger charge is -2.45. The van der Waals surface area contributed by atoms with Crippen LogP contribution in [0.1, 0.15) is 26.7 Å². The molecule has 3 rings (SSSR count). The van der Waals surface area contributed by atoms with Crippen molar-refractivity contribution in [2.24, 2.45) is 5.92 Å². The topological polar surface area (TPSA) is 18.5 Å². The Bertz CT molecular complexity index is 471. The largest absolute Gasteiger partial charge is 0.229 e. The minimum absolute atomic E-state index is 0.175. The Hall–Kier alpha value is -0.770. The van der Waals surface area contributed by atoms with Gasteiger partial charge >= 0.3 is 0 Å². The van der Waals surface area contributed by atoms with Gasteiger partial charge in [-0.25, -0.2) is 9.78 Å². The van der Waals surface area contributed by atoms with Crippen LogP contribution in [0.25, 0.3) is 0 Å². The second-order valence-corrected chi connectivity index (χ2v) is 6.75. The number of fused-ring (bicyclic) bond motifs is 2. The fourth-order valence-electron chi connectivity index (χ4n) is 2.74. The van der Waals surface area contributed by atoms with Gasteiger partial charge in [0.05, 0.1) is 0 Å². The van der Waals surface area contributed by atoms with Gasteiger partial charge in [-0.3, -0.25) is 0 Å². The highest BCUT2D eigenvalue weighted by Crippen LogP contribution is 2.43. The minimum atomic E-state index is -0.186. The number of rotatable bonds is 3. The first-order chi connectivity index (χ1) is 9.17. The van der Waals surface area contributed by atoms with Crippen LogP contribution in [-0.4, -0.2) is 17.5 Å². The highest BCUT2D eigenvalue weighted by Gasteiger charge is 2.44. The SMILES string of the molecule is CC1=CC[C@H]2C[C@@H]1OO[C@]2(C)CSc1ccccc1. The van der Waals surface area contributed by atoms with Gasteiger partial charge in [-0.05, 0) is 50.3 Å². The summed E-state index contributed by atoms with van der Waals surface area (Å²) >= 11 is 1.85. The number of benzene rings is 1. The van der Waals surface area contributed by atoms with Gasteiger partial charge in [0.1, 0.15) is 11.7 Å². The summed E-state index contributed by atoms with van der Waals surface area (Å²) in [4.78, 5) is 12.6. The monoisotopic (exact) mass is 276 g/mol. The third-order valence-corrected chi connectivity index (χ3v) is 5.54. The number of hydrogen-bond acceptors (Lipinski definition) is 3. The third kappa shape index (κ3) is 2.73. The molecule has 1 aromatic rings. The zero-order valence-corrected chi connectivity index (χ0v) is 12.3. The summed E-state index contributed by atoms with van der Waals surface area (Å²) in [5, 5.41) is 0. The van der Waals surface area contributed by atoms with Crippen LogP contribution in [0.5, 0.6) is 0 Å². The number of thioether (sulfide) groups is 1. The lowest BCUT2D eigenvalue weighted by Crippen LogP contribution is -2.49. The number of allylic oxidation sites excluding steroid dienone is 1. The highest BCUT2D eigenvalue weighted by molar-refractivity contribution is 7.99. The Morgan fingerprint density at radius 2 is 2.11 bits per heavy atom. The van der Waals surface area contributed by atoms with Gasteiger partial charge in [-0.2, -0.15) is 0 Å². The van der Waals surface area contributed by atoms with E-state index in [1.807, 2.05) is 17.8 Å². The van der Waals surface area contributed by atoms with Crippen molar-refractivity contribution >= 4 is 11.8 Å². The molecular formula is C16H20O2S. The quantitative estimate of drug-likeness (QED) is 0.468. The maximum absolute atomic E-state index is 5.76. The predicted molar refractivity (Wildman–Crippen MR) is 78.0 cm³/mol. The first-order valence-corrected chi connectivity index (χ1v) is 7.85. The summed E-state index contributed by atoms with van der Waals surface area (Å²) in [7, 11) is 0. The molecule has 0 saturated carbocycles. The van der Waals surface area contributed by atoms with Crippen molar-refractivity contribution in [1.29, 1.82) is 0 Å². The molecule has 2 aliphatic rings. The molecule has 1 heterocycles. The van der Waals surface area contributed by atoms with Crippen LogP contribution in [0.15, 0.2) is 46.9 Å². The molecule has 1 aliphatic heterocycles. The van der Waals surface area contributed by atoms with Crippen LogP contribution in [-0.2, 0) is 9.78 Å². The fourth-order valence-corrected chi connectivity index (χ4v) is 3.82. The van der Waals surface area contributed by atoms with Gasteiger partial charge in [0.15, 0.2) is 0 Å². The fraction of sp³-hybridized carbons (Fsp3) is 0.500. The summed E-state index contributed by atoms with van der Waals surface area (Å²) in [6.45, 7) is 4.31. The molecule has 0 amide bonds. The molecule has 2 bridgehead atoms. The van der Waals surface area contributed by atoms with Gasteiger partial charge < -0.3 is 0 Å². The van der Waals surface area contributed by atoms with E-state index in [9.17, 15) is 0 Å². The van der Waals surface area contributed by atoms with Crippen molar-refractivity contribution in [1.82, 2.24) is 0 Å². The van der Waals surface area contributed by atoms with Gasteiger partial charge in [-0.1, -0.05) is 24.3 Å². The van der Waals surface area contributed by atoms with Crippen molar-refractivity contribution < 1.29 is 9.78 Å². The molecule has 1 fully saturated rings. The average Bonchev–Trinajstić information content (AvgIpc) is 2.45. The van der Waals surface area contributed by atoms with Crippen LogP contribution in [0.2, 0.25) is 0 Å². The van der Waals surface area contributed by atoms with Crippen LogP contribution in [0.3, 0.4) is 0 Å². The predicted octanol–water partition coefficient (Wildman–Crippen LogP) is 4.22. The maximum Gasteiger partial charge on any atom is 0.114 e. The molecule has 19 heavy (non-hydrogen) atoms. The molecule has 3 atom stereocenters. The molecule has 3 heteroatoms. The van der Waals surface area contributed by atoms with Crippen molar-refractivity contribution in [3.05, 3.63) is 42.0 Å². The summed E-state index contributed by atoms with van der Waals surface area (Å²) in [6, 6.07) is 10.5. The molecule has 1 aliphatic carbocycles. The molecule has 0 unspecified atom stereocenters. The van der Waals surface area contributed by atoms with Gasteiger partial charge in [0.25, 0.3) is 0 Å². The zero-order chi connectivity index (χ0) is 13.3. The molecule has 2 nitrogen and oxygen atoms in total. The summed E-state index contributed by atoms with van der Waals surface area (Å²) < 4.78 is 0. The Labute approximate surface area is 119 Å². The summed E-state index contributed by atoms with van der Waals surface area (Å²) in [5.74, 6) is 1.49.